The van der Waals surface area contributed by atoms with E-state index in [1.807, 2.05) is 11.3 Å². The lowest BCUT2D eigenvalue weighted by atomic mass is 10.0. The highest BCUT2D eigenvalue weighted by Gasteiger charge is 2.14. The largest absolute Gasteiger partial charge is 0.310 e. The maximum absolute atomic E-state index is 3.66. The van der Waals surface area contributed by atoms with Gasteiger partial charge in [-0.1, -0.05) is 48.0 Å². The molecule has 0 bridgehead atoms. The Bertz CT molecular complexity index is 521. The van der Waals surface area contributed by atoms with Crippen molar-refractivity contribution in [1.82, 2.24) is 5.32 Å². The summed E-state index contributed by atoms with van der Waals surface area (Å²) in [7, 11) is 0. The maximum Gasteiger partial charge on any atom is 0.0379 e. The van der Waals surface area contributed by atoms with Gasteiger partial charge in [0, 0.05) is 26.7 Å². The Hall–Kier alpha value is -0.640. The molecule has 102 valence electrons. The number of aryl methyl sites for hydroxylation is 1. The second-order valence-electron chi connectivity index (χ2n) is 4.56. The number of benzene rings is 1. The van der Waals surface area contributed by atoms with Crippen LogP contribution in [0.2, 0.25) is 0 Å². The van der Waals surface area contributed by atoms with E-state index < -0.39 is 0 Å². The lowest BCUT2D eigenvalue weighted by Crippen LogP contribution is -2.23. The molecule has 0 aliphatic carbocycles. The molecule has 19 heavy (non-hydrogen) atoms. The first-order chi connectivity index (χ1) is 9.24. The molecular weight excluding hydrogens is 318 g/mol. The minimum Gasteiger partial charge on any atom is -0.310 e. The van der Waals surface area contributed by atoms with Crippen molar-refractivity contribution in [3.05, 3.63) is 56.2 Å². The zero-order valence-corrected chi connectivity index (χ0v) is 13.9. The van der Waals surface area contributed by atoms with Gasteiger partial charge in [0.05, 0.1) is 0 Å². The van der Waals surface area contributed by atoms with Gasteiger partial charge in [-0.2, -0.15) is 0 Å². The molecule has 0 aliphatic heterocycles. The predicted octanol–water partition coefficient (Wildman–Crippen LogP) is 4.97. The van der Waals surface area contributed by atoms with Crippen molar-refractivity contribution in [3.63, 3.8) is 0 Å². The van der Waals surface area contributed by atoms with Crippen LogP contribution in [0.25, 0.3) is 0 Å². The molecule has 3 heteroatoms. The third kappa shape index (κ3) is 3.91. The highest BCUT2D eigenvalue weighted by molar-refractivity contribution is 9.10. The average molecular weight is 338 g/mol. The van der Waals surface area contributed by atoms with Gasteiger partial charge in [-0.25, -0.2) is 0 Å². The van der Waals surface area contributed by atoms with Gasteiger partial charge < -0.3 is 5.32 Å². The molecule has 0 amide bonds. The Morgan fingerprint density at radius 2 is 1.84 bits per heavy atom. The molecule has 0 fully saturated rings. The van der Waals surface area contributed by atoms with Gasteiger partial charge in [0.25, 0.3) is 0 Å². The van der Waals surface area contributed by atoms with Crippen LogP contribution < -0.4 is 5.32 Å². The molecule has 1 unspecified atom stereocenters. The van der Waals surface area contributed by atoms with Gasteiger partial charge >= 0.3 is 0 Å². The summed E-state index contributed by atoms with van der Waals surface area (Å²) in [6, 6.07) is 13.4. The van der Waals surface area contributed by atoms with Gasteiger partial charge in [0.15, 0.2) is 0 Å². The molecule has 0 radical (unpaired) electrons. The summed E-state index contributed by atoms with van der Waals surface area (Å²) >= 11 is 5.59. The summed E-state index contributed by atoms with van der Waals surface area (Å²) in [5, 5.41) is 3.59. The molecule has 2 aromatic rings. The number of hydrogen-bond donors (Lipinski definition) is 1. The van der Waals surface area contributed by atoms with Crippen molar-refractivity contribution in [2.75, 3.05) is 6.54 Å². The fraction of sp³-hybridized carbons (Fsp3) is 0.375. The fourth-order valence-electron chi connectivity index (χ4n) is 2.22. The Morgan fingerprint density at radius 3 is 2.47 bits per heavy atom. The Morgan fingerprint density at radius 1 is 1.11 bits per heavy atom. The quantitative estimate of drug-likeness (QED) is 0.784. The zero-order valence-electron chi connectivity index (χ0n) is 11.4. The van der Waals surface area contributed by atoms with E-state index in [1.165, 1.54) is 19.8 Å². The number of hydrogen-bond acceptors (Lipinski definition) is 2. The van der Waals surface area contributed by atoms with Gasteiger partial charge in [-0.15, -0.1) is 11.3 Å². The smallest absolute Gasteiger partial charge is 0.0379 e. The monoisotopic (exact) mass is 337 g/mol. The molecule has 0 saturated carbocycles. The maximum atomic E-state index is 3.66. The molecule has 1 atom stereocenters. The molecule has 1 aromatic heterocycles. The predicted molar refractivity (Wildman–Crippen MR) is 88.0 cm³/mol. The van der Waals surface area contributed by atoms with E-state index in [1.54, 1.807) is 0 Å². The fourth-order valence-corrected chi connectivity index (χ4v) is 3.78. The molecule has 2 rings (SSSR count). The second kappa shape index (κ2) is 7.22. The van der Waals surface area contributed by atoms with Crippen molar-refractivity contribution in [2.24, 2.45) is 0 Å². The third-order valence-corrected chi connectivity index (χ3v) is 5.18. The number of rotatable bonds is 6. The molecule has 1 heterocycles. The van der Waals surface area contributed by atoms with Crippen LogP contribution in [0, 0.1) is 0 Å². The van der Waals surface area contributed by atoms with Crippen LogP contribution in [0.15, 0.2) is 40.9 Å². The third-order valence-electron chi connectivity index (χ3n) is 3.20. The average Bonchev–Trinajstić information content (AvgIpc) is 2.87. The lowest BCUT2D eigenvalue weighted by Gasteiger charge is -2.19. The first kappa shape index (κ1) is 14.8. The second-order valence-corrected chi connectivity index (χ2v) is 6.66. The van der Waals surface area contributed by atoms with E-state index >= 15 is 0 Å². The first-order valence-corrected chi connectivity index (χ1v) is 8.41. The summed E-state index contributed by atoms with van der Waals surface area (Å²) in [6.45, 7) is 5.36. The van der Waals surface area contributed by atoms with E-state index in [4.69, 9.17) is 0 Å². The standard InChI is InChI=1S/C16H20BrNS/c1-3-12-9-10-13(19-12)11-16(18-4-2)14-7-5-6-8-15(14)17/h5-10,16,18H,3-4,11H2,1-2H3. The number of likely N-dealkylation sites (N-methyl/N-ethyl adjacent to an activating group) is 1. The lowest BCUT2D eigenvalue weighted by molar-refractivity contribution is 0.551. The Kier molecular flexibility index (Phi) is 5.61. The van der Waals surface area contributed by atoms with E-state index in [-0.39, 0.29) is 0 Å². The number of halogens is 1. The van der Waals surface area contributed by atoms with E-state index in [2.05, 4.69) is 71.5 Å². The highest BCUT2D eigenvalue weighted by Crippen LogP contribution is 2.28. The molecule has 0 aliphatic rings. The van der Waals surface area contributed by atoms with Crippen molar-refractivity contribution >= 4 is 27.3 Å². The summed E-state index contributed by atoms with van der Waals surface area (Å²) in [5.74, 6) is 0. The van der Waals surface area contributed by atoms with Crippen LogP contribution in [0.4, 0.5) is 0 Å². The Balaban J connectivity index is 2.18. The molecule has 0 saturated heterocycles. The van der Waals surface area contributed by atoms with Crippen molar-refractivity contribution in [2.45, 2.75) is 32.7 Å². The van der Waals surface area contributed by atoms with Crippen LogP contribution in [-0.4, -0.2) is 6.54 Å². The van der Waals surface area contributed by atoms with Crippen molar-refractivity contribution < 1.29 is 0 Å². The highest BCUT2D eigenvalue weighted by atomic mass is 79.9. The Labute approximate surface area is 128 Å². The van der Waals surface area contributed by atoms with Crippen LogP contribution in [0.1, 0.15) is 35.2 Å². The van der Waals surface area contributed by atoms with Crippen LogP contribution in [0.3, 0.4) is 0 Å². The summed E-state index contributed by atoms with van der Waals surface area (Å²) in [5.41, 5.74) is 1.34. The van der Waals surface area contributed by atoms with Gasteiger partial charge in [-0.05, 0) is 36.7 Å². The number of nitrogens with one attached hydrogen (secondary N) is 1. The van der Waals surface area contributed by atoms with E-state index in [0.29, 0.717) is 6.04 Å². The molecular formula is C16H20BrNS. The van der Waals surface area contributed by atoms with E-state index in [0.717, 1.165) is 19.4 Å². The topological polar surface area (TPSA) is 12.0 Å². The van der Waals surface area contributed by atoms with Crippen LogP contribution in [-0.2, 0) is 12.8 Å². The summed E-state index contributed by atoms with van der Waals surface area (Å²) in [6.07, 6.45) is 2.19. The number of thiophene rings is 1. The summed E-state index contributed by atoms with van der Waals surface area (Å²) in [4.78, 5) is 2.93. The molecule has 1 nitrogen and oxygen atoms in total. The SMILES string of the molecule is CCNC(Cc1ccc(CC)s1)c1ccccc1Br. The molecule has 1 N–H and O–H groups in total. The van der Waals surface area contributed by atoms with Crippen LogP contribution >= 0.6 is 27.3 Å². The van der Waals surface area contributed by atoms with Crippen molar-refractivity contribution in [3.8, 4) is 0 Å². The molecule has 0 spiro atoms. The van der Waals surface area contributed by atoms with Gasteiger partial charge in [0.1, 0.15) is 0 Å². The van der Waals surface area contributed by atoms with Gasteiger partial charge in [-0.3, -0.25) is 0 Å². The first-order valence-electron chi connectivity index (χ1n) is 6.80. The van der Waals surface area contributed by atoms with Crippen molar-refractivity contribution in [1.29, 1.82) is 0 Å². The normalized spacial score (nSPS) is 12.6. The van der Waals surface area contributed by atoms with Gasteiger partial charge in [0.2, 0.25) is 0 Å². The minimum atomic E-state index is 0.379. The molecule has 1 aromatic carbocycles. The van der Waals surface area contributed by atoms with Crippen LogP contribution in [0.5, 0.6) is 0 Å². The summed E-state index contributed by atoms with van der Waals surface area (Å²) < 4.78 is 1.19. The zero-order chi connectivity index (χ0) is 13.7. The minimum absolute atomic E-state index is 0.379. The van der Waals surface area contributed by atoms with E-state index in [9.17, 15) is 0 Å².